The minimum Gasteiger partial charge on any atom is -0.469 e. The van der Waals surface area contributed by atoms with Crippen molar-refractivity contribution in [2.45, 2.75) is 13.0 Å². The van der Waals surface area contributed by atoms with Crippen LogP contribution in [0.1, 0.15) is 16.9 Å². The molecule has 100 valence electrons. The van der Waals surface area contributed by atoms with Crippen LogP contribution in [0.4, 0.5) is 0 Å². The highest BCUT2D eigenvalue weighted by Gasteiger charge is 2.01. The third kappa shape index (κ3) is 3.86. The van der Waals surface area contributed by atoms with Crippen molar-refractivity contribution in [1.29, 1.82) is 0 Å². The Bertz CT molecular complexity index is 535. The second kappa shape index (κ2) is 6.61. The quantitative estimate of drug-likeness (QED) is 0.242. The molecular formula is C14H17N3O2. The molecule has 0 spiro atoms. The molecule has 0 unspecified atom stereocenters. The fourth-order valence-electron chi connectivity index (χ4n) is 1.80. The Morgan fingerprint density at radius 1 is 1.32 bits per heavy atom. The second-order valence-electron chi connectivity index (χ2n) is 4.19. The van der Waals surface area contributed by atoms with Crippen molar-refractivity contribution in [3.63, 3.8) is 0 Å². The zero-order chi connectivity index (χ0) is 13.5. The Morgan fingerprint density at radius 2 is 2.21 bits per heavy atom. The van der Waals surface area contributed by atoms with Gasteiger partial charge in [-0.2, -0.15) is 0 Å². The van der Waals surface area contributed by atoms with Crippen LogP contribution < -0.4 is 11.1 Å². The van der Waals surface area contributed by atoms with E-state index < -0.39 is 0 Å². The molecule has 0 saturated heterocycles. The Balaban J connectivity index is 1.82. The summed E-state index contributed by atoms with van der Waals surface area (Å²) < 4.78 is 5.25. The zero-order valence-electron chi connectivity index (χ0n) is 10.5. The van der Waals surface area contributed by atoms with Crippen LogP contribution in [0.15, 0.2) is 52.2 Å². The molecule has 5 heteroatoms. The fraction of sp³-hybridized carbons (Fsp3) is 0.214. The van der Waals surface area contributed by atoms with E-state index in [-0.39, 0.29) is 5.84 Å². The molecule has 1 aromatic heterocycles. The molecule has 5 nitrogen and oxygen atoms in total. The summed E-state index contributed by atoms with van der Waals surface area (Å²) in [5, 5.41) is 14.9. The lowest BCUT2D eigenvalue weighted by atomic mass is 10.1. The minimum atomic E-state index is 0.123. The van der Waals surface area contributed by atoms with Crippen LogP contribution in [0.3, 0.4) is 0 Å². The number of amidine groups is 1. The molecule has 0 atom stereocenters. The van der Waals surface area contributed by atoms with Crippen LogP contribution in [0, 0.1) is 0 Å². The van der Waals surface area contributed by atoms with Crippen molar-refractivity contribution in [3.8, 4) is 0 Å². The Morgan fingerprint density at radius 3 is 2.95 bits per heavy atom. The van der Waals surface area contributed by atoms with Crippen LogP contribution in [-0.2, 0) is 13.0 Å². The molecule has 2 rings (SSSR count). The number of benzene rings is 1. The maximum atomic E-state index is 8.64. The van der Waals surface area contributed by atoms with Crippen molar-refractivity contribution in [1.82, 2.24) is 5.32 Å². The molecule has 0 amide bonds. The first-order valence-electron chi connectivity index (χ1n) is 6.09. The summed E-state index contributed by atoms with van der Waals surface area (Å²) in [5.74, 6) is 1.09. The van der Waals surface area contributed by atoms with Crippen molar-refractivity contribution in [3.05, 3.63) is 59.5 Å². The molecule has 0 aliphatic heterocycles. The average Bonchev–Trinajstić information content (AvgIpc) is 2.96. The van der Waals surface area contributed by atoms with Crippen LogP contribution in [0.2, 0.25) is 0 Å². The van der Waals surface area contributed by atoms with Gasteiger partial charge in [-0.1, -0.05) is 23.4 Å². The number of nitrogens with two attached hydrogens (primary N) is 1. The van der Waals surface area contributed by atoms with Gasteiger partial charge in [0.25, 0.3) is 0 Å². The fourth-order valence-corrected chi connectivity index (χ4v) is 1.80. The van der Waals surface area contributed by atoms with Gasteiger partial charge in [-0.25, -0.2) is 0 Å². The average molecular weight is 259 g/mol. The van der Waals surface area contributed by atoms with Gasteiger partial charge in [-0.05, 0) is 23.8 Å². The molecule has 1 aromatic carbocycles. The van der Waals surface area contributed by atoms with E-state index >= 15 is 0 Å². The predicted molar refractivity (Wildman–Crippen MR) is 73.1 cm³/mol. The summed E-state index contributed by atoms with van der Waals surface area (Å²) in [4.78, 5) is 0. The van der Waals surface area contributed by atoms with E-state index in [2.05, 4.69) is 10.5 Å². The second-order valence-corrected chi connectivity index (χ2v) is 4.19. The number of rotatable bonds is 6. The van der Waals surface area contributed by atoms with Gasteiger partial charge in [-0.15, -0.1) is 0 Å². The highest BCUT2D eigenvalue weighted by atomic mass is 16.4. The number of oxime groups is 1. The van der Waals surface area contributed by atoms with Gasteiger partial charge in [0.1, 0.15) is 5.76 Å². The maximum Gasteiger partial charge on any atom is 0.170 e. The summed E-state index contributed by atoms with van der Waals surface area (Å²) in [5.41, 5.74) is 7.35. The van der Waals surface area contributed by atoms with E-state index in [0.29, 0.717) is 5.56 Å². The number of hydrogen-bond acceptors (Lipinski definition) is 4. The summed E-state index contributed by atoms with van der Waals surface area (Å²) in [7, 11) is 0. The van der Waals surface area contributed by atoms with E-state index in [1.807, 2.05) is 30.3 Å². The molecule has 0 bridgehead atoms. The van der Waals surface area contributed by atoms with Crippen LogP contribution in [0.25, 0.3) is 0 Å². The lowest BCUT2D eigenvalue weighted by Crippen LogP contribution is -2.17. The first kappa shape index (κ1) is 13.2. The van der Waals surface area contributed by atoms with E-state index in [4.69, 9.17) is 15.4 Å². The molecule has 0 saturated carbocycles. The van der Waals surface area contributed by atoms with E-state index in [1.54, 1.807) is 12.3 Å². The standard InChI is InChI=1S/C14H17N3O2/c15-14(17-18)12-4-1-3-11(9-12)10-16-7-6-13-5-2-8-19-13/h1-5,8-9,16,18H,6-7,10H2,(H2,15,17). The number of hydrogen-bond donors (Lipinski definition) is 3. The smallest absolute Gasteiger partial charge is 0.170 e. The summed E-state index contributed by atoms with van der Waals surface area (Å²) in [6.45, 7) is 1.56. The van der Waals surface area contributed by atoms with Gasteiger partial charge >= 0.3 is 0 Å². The van der Waals surface area contributed by atoms with Gasteiger partial charge < -0.3 is 20.7 Å². The van der Waals surface area contributed by atoms with Crippen molar-refractivity contribution in [2.75, 3.05) is 6.54 Å². The lowest BCUT2D eigenvalue weighted by Gasteiger charge is -2.06. The third-order valence-electron chi connectivity index (χ3n) is 2.79. The van der Waals surface area contributed by atoms with Crippen LogP contribution in [0.5, 0.6) is 0 Å². The van der Waals surface area contributed by atoms with Gasteiger partial charge in [0.2, 0.25) is 0 Å². The number of furan rings is 1. The SMILES string of the molecule is NC(=NO)c1cccc(CNCCc2ccco2)c1. The molecule has 4 N–H and O–H groups in total. The molecule has 1 heterocycles. The first-order chi connectivity index (χ1) is 9.29. The van der Waals surface area contributed by atoms with Gasteiger partial charge in [-0.3, -0.25) is 0 Å². The molecule has 2 aromatic rings. The van der Waals surface area contributed by atoms with Crippen LogP contribution in [-0.4, -0.2) is 17.6 Å². The first-order valence-corrected chi connectivity index (χ1v) is 6.09. The molecule has 0 radical (unpaired) electrons. The normalized spacial score (nSPS) is 11.7. The monoisotopic (exact) mass is 259 g/mol. The molecule has 19 heavy (non-hydrogen) atoms. The Kier molecular flexibility index (Phi) is 4.58. The summed E-state index contributed by atoms with van der Waals surface area (Å²) >= 11 is 0. The van der Waals surface area contributed by atoms with Gasteiger partial charge in [0, 0.05) is 25.1 Å². The molecule has 0 aliphatic rings. The van der Waals surface area contributed by atoms with Crippen molar-refractivity contribution < 1.29 is 9.62 Å². The van der Waals surface area contributed by atoms with Crippen LogP contribution >= 0.6 is 0 Å². The molecule has 0 aliphatic carbocycles. The van der Waals surface area contributed by atoms with Gasteiger partial charge in [0.05, 0.1) is 6.26 Å². The largest absolute Gasteiger partial charge is 0.469 e. The number of nitrogens with zero attached hydrogens (tertiary/aromatic N) is 1. The highest BCUT2D eigenvalue weighted by molar-refractivity contribution is 5.97. The zero-order valence-corrected chi connectivity index (χ0v) is 10.5. The Labute approximate surface area is 111 Å². The van der Waals surface area contributed by atoms with E-state index in [9.17, 15) is 0 Å². The van der Waals surface area contributed by atoms with Gasteiger partial charge in [0.15, 0.2) is 5.84 Å². The minimum absolute atomic E-state index is 0.123. The Hall–Kier alpha value is -2.27. The lowest BCUT2D eigenvalue weighted by molar-refractivity contribution is 0.318. The third-order valence-corrected chi connectivity index (χ3v) is 2.79. The van der Waals surface area contributed by atoms with Crippen molar-refractivity contribution >= 4 is 5.84 Å². The highest BCUT2D eigenvalue weighted by Crippen LogP contribution is 2.05. The maximum absolute atomic E-state index is 8.64. The van der Waals surface area contributed by atoms with E-state index in [0.717, 1.165) is 30.8 Å². The van der Waals surface area contributed by atoms with Crippen molar-refractivity contribution in [2.24, 2.45) is 10.9 Å². The summed E-state index contributed by atoms with van der Waals surface area (Å²) in [6.07, 6.45) is 2.53. The molecule has 0 fully saturated rings. The van der Waals surface area contributed by atoms with E-state index in [1.165, 1.54) is 0 Å². The molecular weight excluding hydrogens is 242 g/mol. The topological polar surface area (TPSA) is 83.8 Å². The number of nitrogens with one attached hydrogen (secondary N) is 1. The predicted octanol–water partition coefficient (Wildman–Crippen LogP) is 1.71. The summed E-state index contributed by atoms with van der Waals surface area (Å²) in [6, 6.07) is 11.4.